The SMILES string of the molecule is C=N/C=C(\C=NCc1nc2c(N3CCNCC3)nc(-c3ccc(OC)cc3)nc2n1C)C(=O)NO.CNC. The molecule has 13 heteroatoms. The Morgan fingerprint density at radius 2 is 1.89 bits per heavy atom. The Balaban J connectivity index is 0.00000127. The molecule has 1 fully saturated rings. The second kappa shape index (κ2) is 13.9. The Hall–Kier alpha value is -4.20. The van der Waals surface area contributed by atoms with E-state index in [1.54, 1.807) is 12.6 Å². The van der Waals surface area contributed by atoms with Crippen molar-refractivity contribution in [2.45, 2.75) is 6.54 Å². The number of imidazole rings is 1. The van der Waals surface area contributed by atoms with E-state index in [9.17, 15) is 4.79 Å². The molecule has 0 bridgehead atoms. The largest absolute Gasteiger partial charge is 0.497 e. The number of aliphatic imine (C=N–C) groups is 2. The number of nitrogens with one attached hydrogen (secondary N) is 3. The zero-order valence-electron chi connectivity index (χ0n) is 22.1. The van der Waals surface area contributed by atoms with Gasteiger partial charge in [-0.2, -0.15) is 0 Å². The van der Waals surface area contributed by atoms with Crippen molar-refractivity contribution >= 4 is 35.8 Å². The summed E-state index contributed by atoms with van der Waals surface area (Å²) in [4.78, 5) is 36.3. The molecule has 0 atom stereocenters. The van der Waals surface area contributed by atoms with Crippen LogP contribution < -0.4 is 25.8 Å². The Morgan fingerprint density at radius 3 is 2.50 bits per heavy atom. The summed E-state index contributed by atoms with van der Waals surface area (Å²) in [5.41, 5.74) is 3.86. The first-order chi connectivity index (χ1) is 18.5. The molecule has 0 unspecified atom stereocenters. The van der Waals surface area contributed by atoms with Crippen LogP contribution in [0.5, 0.6) is 5.75 Å². The van der Waals surface area contributed by atoms with Crippen molar-refractivity contribution in [1.82, 2.24) is 35.6 Å². The fraction of sp³-hybridized carbons (Fsp3) is 0.360. The van der Waals surface area contributed by atoms with Crippen molar-refractivity contribution in [1.29, 1.82) is 0 Å². The van der Waals surface area contributed by atoms with Crippen LogP contribution in [0.2, 0.25) is 0 Å². The lowest BCUT2D eigenvalue weighted by atomic mass is 10.2. The summed E-state index contributed by atoms with van der Waals surface area (Å²) >= 11 is 0. The molecule has 13 nitrogen and oxygen atoms in total. The van der Waals surface area contributed by atoms with Crippen molar-refractivity contribution in [3.8, 4) is 17.1 Å². The van der Waals surface area contributed by atoms with E-state index in [0.717, 1.165) is 43.3 Å². The minimum Gasteiger partial charge on any atom is -0.497 e. The lowest BCUT2D eigenvalue weighted by Crippen LogP contribution is -2.44. The highest BCUT2D eigenvalue weighted by atomic mass is 16.5. The van der Waals surface area contributed by atoms with Gasteiger partial charge in [0.25, 0.3) is 5.91 Å². The summed E-state index contributed by atoms with van der Waals surface area (Å²) in [6.45, 7) is 6.82. The Kier molecular flexibility index (Phi) is 10.4. The number of aromatic nitrogens is 4. The van der Waals surface area contributed by atoms with Gasteiger partial charge in [0, 0.05) is 51.2 Å². The molecule has 0 radical (unpaired) electrons. The average Bonchev–Trinajstić information content (AvgIpc) is 3.27. The fourth-order valence-corrected chi connectivity index (χ4v) is 3.74. The number of carbonyl (C=O) groups is 1. The molecule has 4 rings (SSSR count). The van der Waals surface area contributed by atoms with Crippen LogP contribution in [0.3, 0.4) is 0 Å². The fourth-order valence-electron chi connectivity index (χ4n) is 3.74. The number of carbonyl (C=O) groups excluding carboxylic acids is 1. The predicted molar refractivity (Wildman–Crippen MR) is 148 cm³/mol. The maximum atomic E-state index is 11.7. The number of anilines is 1. The molecule has 1 aliphatic heterocycles. The molecule has 3 aromatic rings. The Bertz CT molecular complexity index is 1290. The molecule has 38 heavy (non-hydrogen) atoms. The molecule has 1 amide bonds. The lowest BCUT2D eigenvalue weighted by Gasteiger charge is -2.28. The van der Waals surface area contributed by atoms with Gasteiger partial charge in [0.1, 0.15) is 11.6 Å². The van der Waals surface area contributed by atoms with Crippen molar-refractivity contribution in [3.63, 3.8) is 0 Å². The van der Waals surface area contributed by atoms with Crippen molar-refractivity contribution in [2.24, 2.45) is 17.0 Å². The topological polar surface area (TPSA) is 154 Å². The summed E-state index contributed by atoms with van der Waals surface area (Å²) < 4.78 is 7.14. The second-order valence-corrected chi connectivity index (χ2v) is 8.27. The summed E-state index contributed by atoms with van der Waals surface area (Å²) in [6.07, 6.45) is 2.52. The summed E-state index contributed by atoms with van der Waals surface area (Å²) in [7, 11) is 7.25. The van der Waals surface area contributed by atoms with E-state index in [0.29, 0.717) is 22.8 Å². The number of hydroxylamine groups is 1. The molecular formula is C25H34N10O3. The van der Waals surface area contributed by atoms with Gasteiger partial charge in [-0.25, -0.2) is 20.4 Å². The number of aryl methyl sites for hydroxylation is 1. The number of benzene rings is 1. The Labute approximate surface area is 221 Å². The second-order valence-electron chi connectivity index (χ2n) is 8.27. The number of methoxy groups -OCH3 is 1. The first-order valence-electron chi connectivity index (χ1n) is 12.0. The molecule has 4 N–H and O–H groups in total. The third-order valence-corrected chi connectivity index (χ3v) is 5.61. The van der Waals surface area contributed by atoms with Gasteiger partial charge in [-0.3, -0.25) is 20.0 Å². The van der Waals surface area contributed by atoms with Crippen LogP contribution in [0.25, 0.3) is 22.6 Å². The van der Waals surface area contributed by atoms with Crippen LogP contribution >= 0.6 is 0 Å². The van der Waals surface area contributed by atoms with Gasteiger partial charge >= 0.3 is 0 Å². The number of amides is 1. The highest BCUT2D eigenvalue weighted by molar-refractivity contribution is 6.11. The van der Waals surface area contributed by atoms with Crippen molar-refractivity contribution < 1.29 is 14.7 Å². The van der Waals surface area contributed by atoms with Crippen LogP contribution in [0.1, 0.15) is 5.82 Å². The monoisotopic (exact) mass is 522 g/mol. The van der Waals surface area contributed by atoms with Gasteiger partial charge in [0.15, 0.2) is 22.8 Å². The maximum Gasteiger partial charge on any atom is 0.277 e. The van der Waals surface area contributed by atoms with Gasteiger partial charge in [0.2, 0.25) is 0 Å². The zero-order chi connectivity index (χ0) is 27.5. The van der Waals surface area contributed by atoms with Gasteiger partial charge in [-0.15, -0.1) is 0 Å². The van der Waals surface area contributed by atoms with E-state index in [1.165, 1.54) is 12.4 Å². The number of nitrogens with zero attached hydrogens (tertiary/aromatic N) is 7. The molecule has 202 valence electrons. The number of hydrogen-bond acceptors (Lipinski definition) is 11. The van der Waals surface area contributed by atoms with Crippen LogP contribution in [-0.2, 0) is 18.4 Å². The van der Waals surface area contributed by atoms with E-state index in [4.69, 9.17) is 24.9 Å². The molecule has 1 saturated heterocycles. The van der Waals surface area contributed by atoms with Crippen LogP contribution in [0, 0.1) is 0 Å². The summed E-state index contributed by atoms with van der Waals surface area (Å²) in [5.74, 6) is 2.02. The first-order valence-corrected chi connectivity index (χ1v) is 12.0. The van der Waals surface area contributed by atoms with Crippen molar-refractivity contribution in [2.75, 3.05) is 52.3 Å². The minimum atomic E-state index is -0.734. The molecule has 1 aromatic carbocycles. The van der Waals surface area contributed by atoms with Gasteiger partial charge in [-0.05, 0) is 45.1 Å². The minimum absolute atomic E-state index is 0.0596. The third-order valence-electron chi connectivity index (χ3n) is 5.61. The first kappa shape index (κ1) is 28.4. The van der Waals surface area contributed by atoms with E-state index >= 15 is 0 Å². The summed E-state index contributed by atoms with van der Waals surface area (Å²) in [5, 5.41) is 15.0. The predicted octanol–water partition coefficient (Wildman–Crippen LogP) is 0.945. The molecule has 0 saturated carbocycles. The number of hydrogen-bond donors (Lipinski definition) is 4. The number of rotatable bonds is 8. The normalized spacial score (nSPS) is 13.8. The molecule has 0 spiro atoms. The van der Waals surface area contributed by atoms with Crippen LogP contribution in [-0.4, -0.2) is 90.9 Å². The van der Waals surface area contributed by atoms with Gasteiger partial charge in [0.05, 0.1) is 19.2 Å². The van der Waals surface area contributed by atoms with Crippen LogP contribution in [0.15, 0.2) is 46.0 Å². The van der Waals surface area contributed by atoms with Crippen molar-refractivity contribution in [3.05, 3.63) is 41.9 Å². The lowest BCUT2D eigenvalue weighted by molar-refractivity contribution is -0.124. The number of piperazine rings is 1. The average molecular weight is 523 g/mol. The standard InChI is InChI=1S/C23H27N9O3.C2H7N/c1-24-12-16(23(33)30-34)13-26-14-18-27-19-21(31(18)2)28-20(15-4-6-17(35-3)7-5-15)29-22(19)32-10-8-25-9-11-32;1-3-2/h4-7,12-13,25,34H,1,8-11,14H2,2-3H3,(H,30,33);3H,1-2H3/b16-12+,26-13?;. The molecule has 3 heterocycles. The molecular weight excluding hydrogens is 488 g/mol. The molecule has 0 aliphatic carbocycles. The third kappa shape index (κ3) is 6.76. The van der Waals surface area contributed by atoms with Crippen LogP contribution in [0.4, 0.5) is 5.82 Å². The highest BCUT2D eigenvalue weighted by Gasteiger charge is 2.22. The van der Waals surface area contributed by atoms with Gasteiger partial charge in [-0.1, -0.05) is 0 Å². The zero-order valence-corrected chi connectivity index (χ0v) is 22.1. The maximum absolute atomic E-state index is 11.7. The Morgan fingerprint density at radius 1 is 1.21 bits per heavy atom. The quantitative estimate of drug-likeness (QED) is 0.146. The van der Waals surface area contributed by atoms with E-state index in [1.807, 2.05) is 50.0 Å². The molecule has 2 aromatic heterocycles. The highest BCUT2D eigenvalue weighted by Crippen LogP contribution is 2.29. The number of ether oxygens (including phenoxy) is 1. The van der Waals surface area contributed by atoms with E-state index in [-0.39, 0.29) is 12.1 Å². The van der Waals surface area contributed by atoms with E-state index < -0.39 is 5.91 Å². The smallest absolute Gasteiger partial charge is 0.277 e. The van der Waals surface area contributed by atoms with E-state index in [2.05, 4.69) is 32.2 Å². The number of fused-ring (bicyclic) bond motifs is 1. The molecule has 1 aliphatic rings. The van der Waals surface area contributed by atoms with Gasteiger partial charge < -0.3 is 24.8 Å². The summed E-state index contributed by atoms with van der Waals surface area (Å²) in [6, 6.07) is 7.61.